The molecule has 0 unspecified atom stereocenters. The molecule has 0 N–H and O–H groups in total. The molecule has 1 amide bonds. The number of halogens is 1. The van der Waals surface area contributed by atoms with Crippen LogP contribution in [0.25, 0.3) is 9.88 Å². The molecule has 0 bridgehead atoms. The lowest BCUT2D eigenvalue weighted by Gasteiger charge is -2.16. The van der Waals surface area contributed by atoms with Gasteiger partial charge in [0.1, 0.15) is 23.1 Å². The molecule has 3 rings (SSSR count). The number of benzene rings is 1. The zero-order valence-electron chi connectivity index (χ0n) is 12.9. The molecule has 2 aromatic heterocycles. The molecule has 24 heavy (non-hydrogen) atoms. The molecule has 0 radical (unpaired) electrons. The summed E-state index contributed by atoms with van der Waals surface area (Å²) in [4.78, 5) is 19.5. The van der Waals surface area contributed by atoms with Crippen molar-refractivity contribution in [2.45, 2.75) is 0 Å². The summed E-state index contributed by atoms with van der Waals surface area (Å²) in [5.74, 6) is 0.627. The minimum absolute atomic E-state index is 0.103. The van der Waals surface area contributed by atoms with Crippen LogP contribution in [0.5, 0.6) is 5.75 Å². The van der Waals surface area contributed by atoms with Crippen molar-refractivity contribution in [3.05, 3.63) is 57.9 Å². The maximum Gasteiger partial charge on any atom is 0.273 e. The topological polar surface area (TPSA) is 42.4 Å². The first-order valence-corrected chi connectivity index (χ1v) is 9.40. The third-order valence-corrected chi connectivity index (χ3v) is 5.44. The molecule has 2 heterocycles. The van der Waals surface area contributed by atoms with Crippen LogP contribution in [0.1, 0.15) is 10.5 Å². The fraction of sp³-hybridized carbons (Fsp3) is 0.176. The Hall–Kier alpha value is -1.89. The van der Waals surface area contributed by atoms with E-state index in [0.29, 0.717) is 23.9 Å². The monoisotopic (exact) mass is 378 g/mol. The van der Waals surface area contributed by atoms with Gasteiger partial charge in [0, 0.05) is 17.5 Å². The van der Waals surface area contributed by atoms with Gasteiger partial charge in [-0.2, -0.15) is 0 Å². The molecule has 0 fully saturated rings. The number of hydrogen-bond acceptors (Lipinski definition) is 5. The number of aromatic nitrogens is 1. The first kappa shape index (κ1) is 17.0. The summed E-state index contributed by atoms with van der Waals surface area (Å²) in [5, 5.41) is 5.34. The van der Waals surface area contributed by atoms with E-state index in [1.807, 2.05) is 17.5 Å². The van der Waals surface area contributed by atoms with Crippen LogP contribution in [-0.4, -0.2) is 36.0 Å². The number of nitrogens with zero attached hydrogens (tertiary/aromatic N) is 2. The number of thiazole rings is 1. The molecule has 124 valence electrons. The Morgan fingerprint density at radius 2 is 2.04 bits per heavy atom. The molecule has 3 aromatic rings. The van der Waals surface area contributed by atoms with Crippen LogP contribution in [0, 0.1) is 0 Å². The first-order valence-electron chi connectivity index (χ1n) is 7.27. The van der Waals surface area contributed by atoms with Gasteiger partial charge in [0.05, 0.1) is 11.4 Å². The third kappa shape index (κ3) is 4.14. The Bertz CT molecular complexity index is 800. The van der Waals surface area contributed by atoms with Crippen LogP contribution in [-0.2, 0) is 0 Å². The van der Waals surface area contributed by atoms with Crippen LogP contribution in [0.4, 0.5) is 0 Å². The van der Waals surface area contributed by atoms with Crippen molar-refractivity contribution in [3.63, 3.8) is 0 Å². The molecule has 1 aromatic carbocycles. The van der Waals surface area contributed by atoms with Crippen molar-refractivity contribution in [2.24, 2.45) is 0 Å². The van der Waals surface area contributed by atoms with Gasteiger partial charge in [-0.05, 0) is 35.7 Å². The predicted molar refractivity (Wildman–Crippen MR) is 99.3 cm³/mol. The van der Waals surface area contributed by atoms with Gasteiger partial charge in [-0.25, -0.2) is 4.98 Å². The van der Waals surface area contributed by atoms with E-state index in [1.165, 1.54) is 11.3 Å². The average Bonchev–Trinajstić information content (AvgIpc) is 3.27. The van der Waals surface area contributed by atoms with Crippen LogP contribution in [0.15, 0.2) is 47.2 Å². The number of amides is 1. The molecule has 7 heteroatoms. The van der Waals surface area contributed by atoms with Crippen molar-refractivity contribution in [1.29, 1.82) is 0 Å². The minimum atomic E-state index is -0.103. The van der Waals surface area contributed by atoms with E-state index in [1.54, 1.807) is 52.9 Å². The Morgan fingerprint density at radius 1 is 1.25 bits per heavy atom. The van der Waals surface area contributed by atoms with Gasteiger partial charge < -0.3 is 9.64 Å². The minimum Gasteiger partial charge on any atom is -0.492 e. The zero-order chi connectivity index (χ0) is 16.9. The number of hydrogen-bond donors (Lipinski definition) is 0. The van der Waals surface area contributed by atoms with Crippen LogP contribution in [0.3, 0.4) is 0 Å². The van der Waals surface area contributed by atoms with Crippen LogP contribution >= 0.6 is 34.3 Å². The summed E-state index contributed by atoms with van der Waals surface area (Å²) in [6, 6.07) is 11.1. The second-order valence-electron chi connectivity index (χ2n) is 5.04. The summed E-state index contributed by atoms with van der Waals surface area (Å²) in [7, 11) is 1.75. The van der Waals surface area contributed by atoms with Gasteiger partial charge in [-0.3, -0.25) is 4.79 Å². The number of carbonyl (C=O) groups is 1. The first-order chi connectivity index (χ1) is 11.6. The molecule has 0 aliphatic carbocycles. The summed E-state index contributed by atoms with van der Waals surface area (Å²) < 4.78 is 5.61. The van der Waals surface area contributed by atoms with E-state index < -0.39 is 0 Å². The number of thiophene rings is 1. The second-order valence-corrected chi connectivity index (χ2v) is 7.29. The largest absolute Gasteiger partial charge is 0.492 e. The van der Waals surface area contributed by atoms with Gasteiger partial charge in [-0.1, -0.05) is 17.7 Å². The maximum atomic E-state index is 12.4. The maximum absolute atomic E-state index is 12.4. The Labute approximate surface area is 153 Å². The summed E-state index contributed by atoms with van der Waals surface area (Å²) in [6.07, 6.45) is 0. The highest BCUT2D eigenvalue weighted by Gasteiger charge is 2.16. The Morgan fingerprint density at radius 3 is 2.75 bits per heavy atom. The highest BCUT2D eigenvalue weighted by atomic mass is 35.5. The summed E-state index contributed by atoms with van der Waals surface area (Å²) >= 11 is 8.93. The molecular formula is C17H15ClN2O2S2. The molecule has 4 nitrogen and oxygen atoms in total. The van der Waals surface area contributed by atoms with Gasteiger partial charge in [0.15, 0.2) is 0 Å². The van der Waals surface area contributed by atoms with E-state index in [4.69, 9.17) is 16.3 Å². The molecule has 0 atom stereocenters. The standard InChI is InChI=1S/C17H15ClN2O2S2/c1-20(8-9-22-13-6-4-12(18)5-7-13)17(21)14-11-24-16(19-14)15-3-2-10-23-15/h2-7,10-11H,8-9H2,1H3. The van der Waals surface area contributed by atoms with Crippen molar-refractivity contribution >= 4 is 40.2 Å². The third-order valence-electron chi connectivity index (χ3n) is 3.31. The summed E-state index contributed by atoms with van der Waals surface area (Å²) in [6.45, 7) is 0.888. The quantitative estimate of drug-likeness (QED) is 0.625. The average molecular weight is 379 g/mol. The predicted octanol–water partition coefficient (Wildman–Crippen LogP) is 4.68. The van der Waals surface area contributed by atoms with Crippen molar-refractivity contribution in [1.82, 2.24) is 9.88 Å². The molecule has 0 saturated carbocycles. The van der Waals surface area contributed by atoms with Crippen molar-refractivity contribution in [2.75, 3.05) is 20.2 Å². The lowest BCUT2D eigenvalue weighted by molar-refractivity contribution is 0.0769. The lowest BCUT2D eigenvalue weighted by Crippen LogP contribution is -2.31. The van der Waals surface area contributed by atoms with E-state index in [2.05, 4.69) is 4.98 Å². The highest BCUT2D eigenvalue weighted by molar-refractivity contribution is 7.20. The number of carbonyl (C=O) groups excluding carboxylic acids is 1. The van der Waals surface area contributed by atoms with Gasteiger partial charge in [0.25, 0.3) is 5.91 Å². The lowest BCUT2D eigenvalue weighted by atomic mass is 10.3. The second kappa shape index (κ2) is 7.79. The van der Waals surface area contributed by atoms with Crippen molar-refractivity contribution in [3.8, 4) is 15.6 Å². The van der Waals surface area contributed by atoms with E-state index in [0.717, 1.165) is 15.6 Å². The number of ether oxygens (including phenoxy) is 1. The Kier molecular flexibility index (Phi) is 5.50. The van der Waals surface area contributed by atoms with Crippen LogP contribution < -0.4 is 4.74 Å². The fourth-order valence-corrected chi connectivity index (χ4v) is 3.75. The van der Waals surface area contributed by atoms with Gasteiger partial charge >= 0.3 is 0 Å². The van der Waals surface area contributed by atoms with Gasteiger partial charge in [0.2, 0.25) is 0 Å². The molecular weight excluding hydrogens is 364 g/mol. The zero-order valence-corrected chi connectivity index (χ0v) is 15.3. The highest BCUT2D eigenvalue weighted by Crippen LogP contribution is 2.28. The Balaban J connectivity index is 1.54. The summed E-state index contributed by atoms with van der Waals surface area (Å²) in [5.41, 5.74) is 0.470. The van der Waals surface area contributed by atoms with E-state index >= 15 is 0 Å². The number of likely N-dealkylation sites (N-methyl/N-ethyl adjacent to an activating group) is 1. The normalized spacial score (nSPS) is 10.6. The smallest absolute Gasteiger partial charge is 0.273 e. The van der Waals surface area contributed by atoms with E-state index in [9.17, 15) is 4.79 Å². The SMILES string of the molecule is CN(CCOc1ccc(Cl)cc1)C(=O)c1csc(-c2cccs2)n1. The number of rotatable bonds is 6. The molecule has 0 aliphatic heterocycles. The van der Waals surface area contributed by atoms with E-state index in [-0.39, 0.29) is 5.91 Å². The van der Waals surface area contributed by atoms with Crippen LogP contribution in [0.2, 0.25) is 5.02 Å². The molecule has 0 aliphatic rings. The van der Waals surface area contributed by atoms with Crippen molar-refractivity contribution < 1.29 is 9.53 Å². The van der Waals surface area contributed by atoms with Gasteiger partial charge in [-0.15, -0.1) is 22.7 Å². The fourth-order valence-electron chi connectivity index (χ4n) is 2.01. The molecule has 0 spiro atoms. The molecule has 0 saturated heterocycles.